The van der Waals surface area contributed by atoms with Crippen molar-refractivity contribution in [3.63, 3.8) is 0 Å². The number of carbonyl (C=O) groups excluding carboxylic acids is 1. The molecule has 0 radical (unpaired) electrons. The molecule has 4 heteroatoms. The van der Waals surface area contributed by atoms with Gasteiger partial charge in [0.15, 0.2) is 0 Å². The summed E-state index contributed by atoms with van der Waals surface area (Å²) in [4.78, 5) is 12.0. The summed E-state index contributed by atoms with van der Waals surface area (Å²) in [7, 11) is 0. The lowest BCUT2D eigenvalue weighted by Gasteiger charge is -2.24. The van der Waals surface area contributed by atoms with Gasteiger partial charge in [0.25, 0.3) is 0 Å². The minimum absolute atomic E-state index is 0.00594. The predicted molar refractivity (Wildman–Crippen MR) is 84.4 cm³/mol. The minimum atomic E-state index is -0.238. The second kappa shape index (κ2) is 7.55. The third kappa shape index (κ3) is 5.84. The Bertz CT molecular complexity index is 486. The number of carbonyl (C=O) groups is 1. The van der Waals surface area contributed by atoms with Crippen LogP contribution in [0.4, 0.5) is 4.39 Å². The maximum absolute atomic E-state index is 13.5. The van der Waals surface area contributed by atoms with Crippen molar-refractivity contribution < 1.29 is 9.18 Å². The highest BCUT2D eigenvalue weighted by atomic mass is 19.1. The van der Waals surface area contributed by atoms with Gasteiger partial charge in [-0.25, -0.2) is 4.39 Å². The molecule has 1 unspecified atom stereocenters. The standard InChI is InChI=1S/C17H27FN2O/c1-12-5-6-14(11-15(12)18)13(2)20-16(21)7-8-17(3,4)9-10-19/h5-6,11,13H,7-10,19H2,1-4H3,(H,20,21). The van der Waals surface area contributed by atoms with Gasteiger partial charge in [0, 0.05) is 6.42 Å². The molecule has 3 N–H and O–H groups in total. The monoisotopic (exact) mass is 294 g/mol. The number of nitrogens with two attached hydrogens (primary N) is 1. The molecule has 0 aliphatic carbocycles. The lowest BCUT2D eigenvalue weighted by Crippen LogP contribution is -2.28. The predicted octanol–water partition coefficient (Wildman–Crippen LogP) is 3.47. The van der Waals surface area contributed by atoms with E-state index in [4.69, 9.17) is 5.73 Å². The van der Waals surface area contributed by atoms with E-state index in [2.05, 4.69) is 19.2 Å². The molecule has 0 aromatic heterocycles. The zero-order chi connectivity index (χ0) is 16.0. The van der Waals surface area contributed by atoms with Crippen LogP contribution in [0.5, 0.6) is 0 Å². The summed E-state index contributed by atoms with van der Waals surface area (Å²) in [5.74, 6) is -0.244. The summed E-state index contributed by atoms with van der Waals surface area (Å²) in [6.07, 6.45) is 2.16. The van der Waals surface area contributed by atoms with Gasteiger partial charge in [-0.05, 0) is 55.8 Å². The van der Waals surface area contributed by atoms with Gasteiger partial charge in [0.2, 0.25) is 5.91 Å². The van der Waals surface area contributed by atoms with Gasteiger partial charge in [0.05, 0.1) is 6.04 Å². The largest absolute Gasteiger partial charge is 0.350 e. The third-order valence-corrected chi connectivity index (χ3v) is 3.92. The molecular weight excluding hydrogens is 267 g/mol. The molecule has 0 spiro atoms. The van der Waals surface area contributed by atoms with Crippen molar-refractivity contribution in [1.29, 1.82) is 0 Å². The zero-order valence-electron chi connectivity index (χ0n) is 13.5. The van der Waals surface area contributed by atoms with Crippen molar-refractivity contribution in [2.75, 3.05) is 6.54 Å². The molecule has 1 aromatic rings. The number of aryl methyl sites for hydroxylation is 1. The van der Waals surface area contributed by atoms with Crippen LogP contribution < -0.4 is 11.1 Å². The van der Waals surface area contributed by atoms with Crippen molar-refractivity contribution in [2.24, 2.45) is 11.1 Å². The fraction of sp³-hybridized carbons (Fsp3) is 0.588. The number of hydrogen-bond donors (Lipinski definition) is 2. The Morgan fingerprint density at radius 2 is 2.05 bits per heavy atom. The van der Waals surface area contributed by atoms with E-state index in [1.54, 1.807) is 13.0 Å². The van der Waals surface area contributed by atoms with Crippen LogP contribution in [0.25, 0.3) is 0 Å². The van der Waals surface area contributed by atoms with Crippen LogP contribution in [0.3, 0.4) is 0 Å². The van der Waals surface area contributed by atoms with Crippen LogP contribution in [-0.2, 0) is 4.79 Å². The van der Waals surface area contributed by atoms with E-state index in [1.807, 2.05) is 13.0 Å². The molecule has 1 atom stereocenters. The Kier molecular flexibility index (Phi) is 6.34. The average molecular weight is 294 g/mol. The molecular formula is C17H27FN2O. The van der Waals surface area contributed by atoms with Crippen molar-refractivity contribution in [1.82, 2.24) is 5.32 Å². The Morgan fingerprint density at radius 1 is 1.38 bits per heavy atom. The number of nitrogens with one attached hydrogen (secondary N) is 1. The highest BCUT2D eigenvalue weighted by molar-refractivity contribution is 5.76. The third-order valence-electron chi connectivity index (χ3n) is 3.92. The molecule has 0 fully saturated rings. The van der Waals surface area contributed by atoms with Crippen molar-refractivity contribution in [3.05, 3.63) is 35.1 Å². The molecule has 21 heavy (non-hydrogen) atoms. The number of hydrogen-bond acceptors (Lipinski definition) is 2. The molecule has 1 amide bonds. The molecule has 0 bridgehead atoms. The lowest BCUT2D eigenvalue weighted by atomic mass is 9.84. The Labute approximate surface area is 127 Å². The fourth-order valence-corrected chi connectivity index (χ4v) is 2.24. The summed E-state index contributed by atoms with van der Waals surface area (Å²) in [5, 5.41) is 2.92. The second-order valence-electron chi connectivity index (χ2n) is 6.50. The Morgan fingerprint density at radius 3 is 2.62 bits per heavy atom. The summed E-state index contributed by atoms with van der Waals surface area (Å²) in [6.45, 7) is 8.46. The molecule has 0 aliphatic rings. The summed E-state index contributed by atoms with van der Waals surface area (Å²) < 4.78 is 13.5. The maximum atomic E-state index is 13.5. The molecule has 0 saturated heterocycles. The maximum Gasteiger partial charge on any atom is 0.220 e. The van der Waals surface area contributed by atoms with Gasteiger partial charge < -0.3 is 11.1 Å². The van der Waals surface area contributed by atoms with Crippen molar-refractivity contribution >= 4 is 5.91 Å². The minimum Gasteiger partial charge on any atom is -0.350 e. The average Bonchev–Trinajstić information content (AvgIpc) is 2.39. The lowest BCUT2D eigenvalue weighted by molar-refractivity contribution is -0.122. The summed E-state index contributed by atoms with van der Waals surface area (Å²) in [6, 6.07) is 4.88. The first-order chi connectivity index (χ1) is 9.75. The van der Waals surface area contributed by atoms with Crippen molar-refractivity contribution in [2.45, 2.75) is 53.0 Å². The molecule has 1 aromatic carbocycles. The van der Waals surface area contributed by atoms with Crippen LogP contribution >= 0.6 is 0 Å². The molecule has 1 rings (SSSR count). The van der Waals surface area contributed by atoms with Gasteiger partial charge in [-0.2, -0.15) is 0 Å². The molecule has 0 aliphatic heterocycles. The Balaban J connectivity index is 2.52. The normalized spacial score (nSPS) is 13.0. The zero-order valence-corrected chi connectivity index (χ0v) is 13.5. The van der Waals surface area contributed by atoms with Crippen molar-refractivity contribution in [3.8, 4) is 0 Å². The summed E-state index contributed by atoms with van der Waals surface area (Å²) >= 11 is 0. The second-order valence-corrected chi connectivity index (χ2v) is 6.50. The molecule has 118 valence electrons. The molecule has 3 nitrogen and oxygen atoms in total. The van der Waals surface area contributed by atoms with Gasteiger partial charge >= 0.3 is 0 Å². The van der Waals surface area contributed by atoms with E-state index >= 15 is 0 Å². The van der Waals surface area contributed by atoms with E-state index in [9.17, 15) is 9.18 Å². The fourth-order valence-electron chi connectivity index (χ4n) is 2.24. The van der Waals surface area contributed by atoms with Crippen LogP contribution in [0.1, 0.15) is 57.2 Å². The Hall–Kier alpha value is -1.42. The van der Waals surface area contributed by atoms with Crippen LogP contribution in [0, 0.1) is 18.2 Å². The first kappa shape index (κ1) is 17.6. The van der Waals surface area contributed by atoms with Gasteiger partial charge in [-0.1, -0.05) is 26.0 Å². The topological polar surface area (TPSA) is 55.1 Å². The van der Waals surface area contributed by atoms with Gasteiger partial charge in [-0.3, -0.25) is 4.79 Å². The number of benzene rings is 1. The smallest absolute Gasteiger partial charge is 0.220 e. The van der Waals surface area contributed by atoms with Crippen LogP contribution in [-0.4, -0.2) is 12.5 Å². The first-order valence-electron chi connectivity index (χ1n) is 7.50. The van der Waals surface area contributed by atoms with E-state index in [1.165, 1.54) is 6.07 Å². The molecule has 0 heterocycles. The quantitative estimate of drug-likeness (QED) is 0.809. The first-order valence-corrected chi connectivity index (χ1v) is 7.50. The van der Waals surface area contributed by atoms with Crippen LogP contribution in [0.2, 0.25) is 0 Å². The molecule has 0 saturated carbocycles. The number of halogens is 1. The highest BCUT2D eigenvalue weighted by Crippen LogP contribution is 2.26. The van der Waals surface area contributed by atoms with E-state index in [0.29, 0.717) is 18.5 Å². The SMILES string of the molecule is Cc1ccc(C(C)NC(=O)CCC(C)(C)CCN)cc1F. The van der Waals surface area contributed by atoms with Gasteiger partial charge in [-0.15, -0.1) is 0 Å². The van der Waals surface area contributed by atoms with Gasteiger partial charge in [0.1, 0.15) is 5.82 Å². The highest BCUT2D eigenvalue weighted by Gasteiger charge is 2.19. The summed E-state index contributed by atoms with van der Waals surface area (Å²) in [5.41, 5.74) is 7.04. The van der Waals surface area contributed by atoms with E-state index in [0.717, 1.165) is 18.4 Å². The number of amides is 1. The van der Waals surface area contributed by atoms with E-state index < -0.39 is 0 Å². The number of rotatable bonds is 7. The van der Waals surface area contributed by atoms with Crippen LogP contribution in [0.15, 0.2) is 18.2 Å². The van der Waals surface area contributed by atoms with E-state index in [-0.39, 0.29) is 23.2 Å².